The molecule has 0 aliphatic carbocycles. The number of allylic oxidation sites excluding steroid dienone is 1. The molecule has 3 amide bonds. The molecule has 1 atom stereocenters. The minimum Gasteiger partial charge on any atom is -0.370 e. The normalized spacial score (nSPS) is 16.4. The summed E-state index contributed by atoms with van der Waals surface area (Å²) in [6, 6.07) is 5.96. The van der Waals surface area contributed by atoms with Crippen molar-refractivity contribution >= 4 is 61.9 Å². The van der Waals surface area contributed by atoms with Crippen LogP contribution in [0.15, 0.2) is 35.7 Å². The number of amides is 3. The van der Waals surface area contributed by atoms with Gasteiger partial charge in [-0.05, 0) is 49.2 Å². The Balaban J connectivity index is 1.89. The zero-order valence-electron chi connectivity index (χ0n) is 21.0. The molecule has 0 bridgehead atoms. The number of sulfonamides is 1. The summed E-state index contributed by atoms with van der Waals surface area (Å²) in [6.07, 6.45) is 0.0867. The molecule has 1 fully saturated rings. The molecule has 0 unspecified atom stereocenters. The molecule has 1 aliphatic heterocycles. The second kappa shape index (κ2) is 12.3. The van der Waals surface area contributed by atoms with E-state index in [9.17, 15) is 27.2 Å². The fourth-order valence-corrected chi connectivity index (χ4v) is 6.63. The van der Waals surface area contributed by atoms with Crippen LogP contribution in [0.2, 0.25) is 4.34 Å². The summed E-state index contributed by atoms with van der Waals surface area (Å²) in [5.74, 6) is -2.53. The minimum atomic E-state index is -4.17. The maximum Gasteiger partial charge on any atom is 0.253 e. The number of carbonyl (C=O) groups is 3. The maximum absolute atomic E-state index is 15.0. The van der Waals surface area contributed by atoms with Crippen molar-refractivity contribution in [2.45, 2.75) is 19.4 Å². The van der Waals surface area contributed by atoms with Crippen molar-refractivity contribution in [2.75, 3.05) is 45.3 Å². The SMILES string of the molecule is C/C(=C\S(=O)(=O)N(CCOCC(N)=O)[C@H]1CCN(c2ccc(C(=O)N(C)C)cc2F)C1=O)c1ccc(Cl)s1. The number of ether oxygens (including phenoxy) is 1. The number of nitrogens with two attached hydrogens (primary N) is 1. The van der Waals surface area contributed by atoms with E-state index in [1.807, 2.05) is 0 Å². The van der Waals surface area contributed by atoms with Gasteiger partial charge < -0.3 is 20.3 Å². The van der Waals surface area contributed by atoms with E-state index in [2.05, 4.69) is 0 Å². The van der Waals surface area contributed by atoms with Crippen molar-refractivity contribution in [1.29, 1.82) is 0 Å². The van der Waals surface area contributed by atoms with Gasteiger partial charge in [-0.25, -0.2) is 12.8 Å². The quantitative estimate of drug-likeness (QED) is 0.403. The first-order valence-corrected chi connectivity index (χ1v) is 14.2. The van der Waals surface area contributed by atoms with E-state index >= 15 is 0 Å². The van der Waals surface area contributed by atoms with Crippen LogP contribution in [0, 0.1) is 5.82 Å². The van der Waals surface area contributed by atoms with Crippen molar-refractivity contribution in [3.8, 4) is 0 Å². The first kappa shape index (κ1) is 29.7. The number of benzene rings is 1. The van der Waals surface area contributed by atoms with Crippen molar-refractivity contribution < 1.29 is 31.9 Å². The summed E-state index contributed by atoms with van der Waals surface area (Å²) in [6.45, 7) is 0.812. The Kier molecular flexibility index (Phi) is 9.65. The average molecular weight is 587 g/mol. The number of thiophene rings is 1. The Bertz CT molecular complexity index is 1360. The Labute approximate surface area is 229 Å². The van der Waals surface area contributed by atoms with E-state index in [-0.39, 0.29) is 37.4 Å². The highest BCUT2D eigenvalue weighted by molar-refractivity contribution is 7.92. The van der Waals surface area contributed by atoms with Gasteiger partial charge in [0.15, 0.2) is 0 Å². The van der Waals surface area contributed by atoms with Crippen LogP contribution in [-0.4, -0.2) is 81.8 Å². The topological polar surface area (TPSA) is 130 Å². The molecular formula is C24H28ClFN4O6S2. The molecular weight excluding hydrogens is 559 g/mol. The Morgan fingerprint density at radius 3 is 2.58 bits per heavy atom. The van der Waals surface area contributed by atoms with Gasteiger partial charge in [0, 0.05) is 37.6 Å². The van der Waals surface area contributed by atoms with Crippen LogP contribution >= 0.6 is 22.9 Å². The van der Waals surface area contributed by atoms with Crippen molar-refractivity contribution in [3.63, 3.8) is 0 Å². The van der Waals surface area contributed by atoms with Gasteiger partial charge in [-0.15, -0.1) is 11.3 Å². The van der Waals surface area contributed by atoms with E-state index in [1.165, 1.54) is 42.5 Å². The fourth-order valence-electron chi connectivity index (χ4n) is 3.95. The average Bonchev–Trinajstić information content (AvgIpc) is 3.43. The molecule has 1 aliphatic rings. The lowest BCUT2D eigenvalue weighted by molar-refractivity contribution is -0.123. The molecule has 10 nitrogen and oxygen atoms in total. The first-order chi connectivity index (χ1) is 17.8. The zero-order valence-corrected chi connectivity index (χ0v) is 23.4. The number of nitrogens with zero attached hydrogens (tertiary/aromatic N) is 3. The number of carbonyl (C=O) groups excluding carboxylic acids is 3. The lowest BCUT2D eigenvalue weighted by Crippen LogP contribution is -2.46. The molecule has 0 radical (unpaired) electrons. The van der Waals surface area contributed by atoms with Crippen LogP contribution in [0.25, 0.3) is 5.57 Å². The minimum absolute atomic E-state index is 0.0544. The molecule has 206 valence electrons. The smallest absolute Gasteiger partial charge is 0.253 e. The van der Waals surface area contributed by atoms with E-state index in [1.54, 1.807) is 19.1 Å². The highest BCUT2D eigenvalue weighted by Gasteiger charge is 2.42. The molecule has 1 aromatic carbocycles. The second-order valence-corrected chi connectivity index (χ2v) is 12.2. The monoisotopic (exact) mass is 586 g/mol. The molecule has 14 heteroatoms. The molecule has 0 spiro atoms. The van der Waals surface area contributed by atoms with E-state index in [0.717, 1.165) is 20.7 Å². The lowest BCUT2D eigenvalue weighted by atomic mass is 10.1. The van der Waals surface area contributed by atoms with Crippen LogP contribution < -0.4 is 10.6 Å². The lowest BCUT2D eigenvalue weighted by Gasteiger charge is -2.26. The standard InChI is InChI=1S/C24H28ClFN4O6S2/c1-15(20-6-7-21(25)37-20)14-38(34,35)30(10-11-36-13-22(27)31)19-8-9-29(24(19)33)18-5-4-16(12-17(18)26)23(32)28(2)3/h4-7,12,14,19H,8-11,13H2,1-3H3,(H2,27,31)/b15-14+/t19-/m0/s1. The summed E-state index contributed by atoms with van der Waals surface area (Å²) in [5.41, 5.74) is 5.55. The number of primary amides is 1. The number of halogens is 2. The fraction of sp³-hybridized carbons (Fsp3) is 0.375. The van der Waals surface area contributed by atoms with Gasteiger partial charge in [-0.3, -0.25) is 14.4 Å². The van der Waals surface area contributed by atoms with Crippen LogP contribution in [0.5, 0.6) is 0 Å². The van der Waals surface area contributed by atoms with Crippen LogP contribution in [0.3, 0.4) is 0 Å². The second-order valence-electron chi connectivity index (χ2n) is 8.74. The van der Waals surface area contributed by atoms with Gasteiger partial charge in [0.1, 0.15) is 18.5 Å². The molecule has 3 rings (SSSR count). The Morgan fingerprint density at radius 1 is 1.29 bits per heavy atom. The summed E-state index contributed by atoms with van der Waals surface area (Å²) < 4.78 is 48.5. The maximum atomic E-state index is 15.0. The molecule has 2 N–H and O–H groups in total. The highest BCUT2D eigenvalue weighted by Crippen LogP contribution is 2.31. The molecule has 2 aromatic rings. The number of hydrogen-bond donors (Lipinski definition) is 1. The number of hydrogen-bond acceptors (Lipinski definition) is 7. The van der Waals surface area contributed by atoms with Gasteiger partial charge in [0.25, 0.3) is 5.91 Å². The van der Waals surface area contributed by atoms with Crippen LogP contribution in [0.1, 0.15) is 28.6 Å². The van der Waals surface area contributed by atoms with E-state index < -0.39 is 46.2 Å². The summed E-state index contributed by atoms with van der Waals surface area (Å²) in [7, 11) is -1.10. The third-order valence-electron chi connectivity index (χ3n) is 5.73. The Morgan fingerprint density at radius 2 is 2.00 bits per heavy atom. The largest absolute Gasteiger partial charge is 0.370 e. The van der Waals surface area contributed by atoms with Crippen molar-refractivity contribution in [2.24, 2.45) is 5.73 Å². The predicted octanol–water partition coefficient (Wildman–Crippen LogP) is 2.54. The third kappa shape index (κ3) is 6.97. The van der Waals surface area contributed by atoms with Gasteiger partial charge in [0.2, 0.25) is 21.8 Å². The van der Waals surface area contributed by atoms with Gasteiger partial charge >= 0.3 is 0 Å². The van der Waals surface area contributed by atoms with Gasteiger partial charge in [-0.1, -0.05) is 11.6 Å². The highest BCUT2D eigenvalue weighted by atomic mass is 35.5. The van der Waals surface area contributed by atoms with Gasteiger partial charge in [0.05, 0.1) is 22.0 Å². The zero-order chi connectivity index (χ0) is 28.2. The molecule has 0 saturated carbocycles. The predicted molar refractivity (Wildman–Crippen MR) is 144 cm³/mol. The number of rotatable bonds is 11. The Hall–Kier alpha value is -2.84. The first-order valence-electron chi connectivity index (χ1n) is 11.5. The summed E-state index contributed by atoms with van der Waals surface area (Å²) >= 11 is 7.18. The van der Waals surface area contributed by atoms with Crippen molar-refractivity contribution in [3.05, 3.63) is 56.3 Å². The van der Waals surface area contributed by atoms with Crippen LogP contribution in [0.4, 0.5) is 10.1 Å². The molecule has 1 saturated heterocycles. The van der Waals surface area contributed by atoms with Gasteiger partial charge in [-0.2, -0.15) is 4.31 Å². The molecule has 1 aromatic heterocycles. The molecule has 2 heterocycles. The molecule has 38 heavy (non-hydrogen) atoms. The van der Waals surface area contributed by atoms with E-state index in [0.29, 0.717) is 14.8 Å². The number of anilines is 1. The third-order valence-corrected chi connectivity index (χ3v) is 8.84. The van der Waals surface area contributed by atoms with E-state index in [4.69, 9.17) is 22.1 Å². The van der Waals surface area contributed by atoms with Crippen molar-refractivity contribution in [1.82, 2.24) is 9.21 Å². The van der Waals surface area contributed by atoms with Crippen LogP contribution in [-0.2, 0) is 24.3 Å². The summed E-state index contributed by atoms with van der Waals surface area (Å²) in [5, 5.41) is 1.04. The summed E-state index contributed by atoms with van der Waals surface area (Å²) in [4.78, 5) is 39.7.